The van der Waals surface area contributed by atoms with E-state index in [0.29, 0.717) is 24.6 Å². The summed E-state index contributed by atoms with van der Waals surface area (Å²) in [5.74, 6) is -4.97. The Balaban J connectivity index is 2.56. The lowest BCUT2D eigenvalue weighted by Crippen LogP contribution is -2.30. The van der Waals surface area contributed by atoms with Crippen LogP contribution in [0.15, 0.2) is 48.5 Å². The molecule has 0 spiro atoms. The Morgan fingerprint density at radius 3 is 1.76 bits per heavy atom. The zero-order valence-corrected chi connectivity index (χ0v) is 19.2. The van der Waals surface area contributed by atoms with E-state index in [2.05, 4.69) is 0 Å². The molecule has 2 unspecified atom stereocenters. The summed E-state index contributed by atoms with van der Waals surface area (Å²) in [7, 11) is 0. The van der Waals surface area contributed by atoms with Gasteiger partial charge in [0.15, 0.2) is 5.78 Å². The van der Waals surface area contributed by atoms with Crippen LogP contribution >= 0.6 is 0 Å². The summed E-state index contributed by atoms with van der Waals surface area (Å²) in [5.41, 5.74) is -5.29. The zero-order valence-electron chi connectivity index (χ0n) is 19.2. The van der Waals surface area contributed by atoms with Gasteiger partial charge in [-0.05, 0) is 35.4 Å². The molecule has 34 heavy (non-hydrogen) atoms. The van der Waals surface area contributed by atoms with E-state index in [0.717, 1.165) is 0 Å². The van der Waals surface area contributed by atoms with Gasteiger partial charge in [0.1, 0.15) is 5.92 Å². The summed E-state index contributed by atoms with van der Waals surface area (Å²) in [6.45, 7) is 7.55. The van der Waals surface area contributed by atoms with Crippen molar-refractivity contribution in [1.82, 2.24) is 0 Å². The molecule has 0 aliphatic rings. The maximum Gasteiger partial charge on any atom is 0.417 e. The van der Waals surface area contributed by atoms with Crippen LogP contribution in [0.25, 0.3) is 0 Å². The van der Waals surface area contributed by atoms with Crippen LogP contribution in [0.2, 0.25) is 0 Å². The number of Topliss-reactive ketones (excluding diaryl/α,β-unsaturated/α-hetero) is 1. The molecule has 0 saturated carbocycles. The first-order valence-corrected chi connectivity index (χ1v) is 10.6. The fourth-order valence-electron chi connectivity index (χ4n) is 3.89. The lowest BCUT2D eigenvalue weighted by atomic mass is 9.85. The molecule has 0 aliphatic carbocycles. The highest BCUT2D eigenvalue weighted by atomic mass is 19.4. The molecule has 2 rings (SSSR count). The van der Waals surface area contributed by atoms with Crippen LogP contribution in [-0.4, -0.2) is 18.4 Å². The largest absolute Gasteiger partial charge is 0.465 e. The van der Waals surface area contributed by atoms with Crippen molar-refractivity contribution >= 4 is 11.8 Å². The number of alkyl halides is 6. The van der Waals surface area contributed by atoms with Crippen LogP contribution in [0.1, 0.15) is 67.1 Å². The summed E-state index contributed by atoms with van der Waals surface area (Å²) in [6.07, 6.45) is -9.86. The molecule has 2 aromatic carbocycles. The molecule has 9 heteroatoms. The molecule has 0 saturated heterocycles. The van der Waals surface area contributed by atoms with Gasteiger partial charge in [-0.2, -0.15) is 26.3 Å². The Kier molecular flexibility index (Phi) is 8.22. The molecule has 0 radical (unpaired) electrons. The number of esters is 1. The van der Waals surface area contributed by atoms with E-state index in [1.54, 1.807) is 6.92 Å². The van der Waals surface area contributed by atoms with Crippen LogP contribution in [0.4, 0.5) is 26.3 Å². The fourth-order valence-corrected chi connectivity index (χ4v) is 3.89. The van der Waals surface area contributed by atoms with Gasteiger partial charge in [-0.3, -0.25) is 9.59 Å². The second-order valence-electron chi connectivity index (χ2n) is 9.43. The van der Waals surface area contributed by atoms with E-state index in [4.69, 9.17) is 4.74 Å². The molecule has 0 bridgehead atoms. The maximum absolute atomic E-state index is 13.6. The lowest BCUT2D eigenvalue weighted by molar-refractivity contribution is -0.147. The summed E-state index contributed by atoms with van der Waals surface area (Å²) in [4.78, 5) is 26.2. The van der Waals surface area contributed by atoms with Gasteiger partial charge < -0.3 is 4.74 Å². The molecule has 0 heterocycles. The van der Waals surface area contributed by atoms with Crippen LogP contribution in [0, 0.1) is 11.3 Å². The van der Waals surface area contributed by atoms with E-state index in [9.17, 15) is 35.9 Å². The molecular weight excluding hydrogens is 462 g/mol. The number of hydrogen-bond donors (Lipinski definition) is 0. The summed E-state index contributed by atoms with van der Waals surface area (Å²) < 4.78 is 87.0. The van der Waals surface area contributed by atoms with Gasteiger partial charge in [0.2, 0.25) is 0 Å². The number of carbonyl (C=O) groups excluding carboxylic acids is 2. The first kappa shape index (κ1) is 27.4. The molecule has 3 nitrogen and oxygen atoms in total. The second-order valence-corrected chi connectivity index (χ2v) is 9.43. The number of halogens is 6. The standard InChI is InChI=1S/C25H26F6O3/c1-15(13-23(2,3)4)14-34-22(33)19(16-9-6-5-7-10-16)21(32)20-17(24(26,27)28)11-8-12-18(20)25(29,30)31/h5-12,15,19H,13-14H2,1-4H3. The van der Waals surface area contributed by atoms with Crippen molar-refractivity contribution in [2.45, 2.75) is 52.4 Å². The molecule has 0 N–H and O–H groups in total. The minimum atomic E-state index is -5.25. The highest BCUT2D eigenvalue weighted by Gasteiger charge is 2.45. The van der Waals surface area contributed by atoms with E-state index in [1.807, 2.05) is 20.8 Å². The first-order valence-electron chi connectivity index (χ1n) is 10.6. The number of benzene rings is 2. The Labute approximate surface area is 194 Å². The second kappa shape index (κ2) is 10.2. The Morgan fingerprint density at radius 2 is 1.32 bits per heavy atom. The fraction of sp³-hybridized carbons (Fsp3) is 0.440. The number of rotatable bonds is 7. The molecule has 0 amide bonds. The average molecular weight is 488 g/mol. The topological polar surface area (TPSA) is 43.4 Å². The van der Waals surface area contributed by atoms with Gasteiger partial charge in [0, 0.05) is 5.56 Å². The molecule has 2 atom stereocenters. The number of ketones is 1. The Bertz CT molecular complexity index is 972. The quantitative estimate of drug-likeness (QED) is 0.178. The monoisotopic (exact) mass is 488 g/mol. The van der Waals surface area contributed by atoms with Gasteiger partial charge in [0.05, 0.1) is 17.7 Å². The van der Waals surface area contributed by atoms with Crippen molar-refractivity contribution in [1.29, 1.82) is 0 Å². The van der Waals surface area contributed by atoms with Gasteiger partial charge in [-0.15, -0.1) is 0 Å². The van der Waals surface area contributed by atoms with Crippen LogP contribution in [0.3, 0.4) is 0 Å². The van der Waals surface area contributed by atoms with Gasteiger partial charge >= 0.3 is 18.3 Å². The van der Waals surface area contributed by atoms with Gasteiger partial charge in [-0.25, -0.2) is 0 Å². The zero-order chi connectivity index (χ0) is 25.9. The lowest BCUT2D eigenvalue weighted by Gasteiger charge is -2.24. The predicted molar refractivity (Wildman–Crippen MR) is 114 cm³/mol. The maximum atomic E-state index is 13.6. The Hall–Kier alpha value is -2.84. The summed E-state index contributed by atoms with van der Waals surface area (Å²) in [6, 6.07) is 8.30. The number of hydrogen-bond acceptors (Lipinski definition) is 3. The highest BCUT2D eigenvalue weighted by Crippen LogP contribution is 2.41. The van der Waals surface area contributed by atoms with Crippen molar-refractivity contribution in [3.63, 3.8) is 0 Å². The predicted octanol–water partition coefficient (Wildman–Crippen LogP) is 7.31. The van der Waals surface area contributed by atoms with Crippen molar-refractivity contribution in [2.24, 2.45) is 11.3 Å². The highest BCUT2D eigenvalue weighted by molar-refractivity contribution is 6.14. The van der Waals surface area contributed by atoms with Crippen molar-refractivity contribution in [2.75, 3.05) is 6.61 Å². The van der Waals surface area contributed by atoms with Crippen molar-refractivity contribution in [3.8, 4) is 0 Å². The minimum absolute atomic E-state index is 0.0638. The SMILES string of the molecule is CC(COC(=O)C(C(=O)c1c(C(F)(F)F)cccc1C(F)(F)F)c1ccccc1)CC(C)(C)C. The molecule has 0 aromatic heterocycles. The number of carbonyl (C=O) groups is 2. The Morgan fingerprint density at radius 1 is 0.824 bits per heavy atom. The smallest absolute Gasteiger partial charge is 0.417 e. The molecule has 186 valence electrons. The third-order valence-corrected chi connectivity index (χ3v) is 5.02. The number of ether oxygens (including phenoxy) is 1. The third kappa shape index (κ3) is 7.08. The van der Waals surface area contributed by atoms with Gasteiger partial charge in [0.25, 0.3) is 0 Å². The molecule has 0 aliphatic heterocycles. The molecule has 2 aromatic rings. The van der Waals surface area contributed by atoms with E-state index in [-0.39, 0.29) is 23.5 Å². The molecular formula is C25H26F6O3. The van der Waals surface area contributed by atoms with Crippen molar-refractivity contribution < 1.29 is 40.7 Å². The van der Waals surface area contributed by atoms with E-state index < -0.39 is 46.7 Å². The van der Waals surface area contributed by atoms with Crippen LogP contribution in [0.5, 0.6) is 0 Å². The van der Waals surface area contributed by atoms with Crippen LogP contribution in [-0.2, 0) is 21.9 Å². The van der Waals surface area contributed by atoms with E-state index >= 15 is 0 Å². The minimum Gasteiger partial charge on any atom is -0.465 e. The van der Waals surface area contributed by atoms with Gasteiger partial charge in [-0.1, -0.05) is 64.1 Å². The molecule has 0 fully saturated rings. The summed E-state index contributed by atoms with van der Waals surface area (Å²) in [5, 5.41) is 0. The van der Waals surface area contributed by atoms with Crippen LogP contribution < -0.4 is 0 Å². The average Bonchev–Trinajstić information content (AvgIpc) is 2.70. The summed E-state index contributed by atoms with van der Waals surface area (Å²) >= 11 is 0. The first-order chi connectivity index (χ1) is 15.5. The van der Waals surface area contributed by atoms with Crippen molar-refractivity contribution in [3.05, 3.63) is 70.8 Å². The normalized spacial score (nSPS) is 14.4. The van der Waals surface area contributed by atoms with E-state index in [1.165, 1.54) is 30.3 Å². The third-order valence-electron chi connectivity index (χ3n) is 5.02.